The van der Waals surface area contributed by atoms with Crippen LogP contribution in [0.3, 0.4) is 0 Å². The molecule has 0 amide bonds. The molecule has 18 heavy (non-hydrogen) atoms. The zero-order chi connectivity index (χ0) is 14.0. The van der Waals surface area contributed by atoms with E-state index in [4.69, 9.17) is 17.3 Å². The Morgan fingerprint density at radius 1 is 1.28 bits per heavy atom. The van der Waals surface area contributed by atoms with E-state index >= 15 is 0 Å². The Morgan fingerprint density at radius 3 is 2.39 bits per heavy atom. The summed E-state index contributed by atoms with van der Waals surface area (Å²) in [6, 6.07) is 4.45. The lowest BCUT2D eigenvalue weighted by atomic mass is 9.91. The first kappa shape index (κ1) is 15.3. The number of hydrogen-bond donors (Lipinski definition) is 1. The summed E-state index contributed by atoms with van der Waals surface area (Å²) in [6.07, 6.45) is 1.52. The maximum atomic E-state index is 12.1. The van der Waals surface area contributed by atoms with Crippen LogP contribution < -0.4 is 5.73 Å². The molecule has 0 unspecified atom stereocenters. The number of nitrogens with two attached hydrogens (primary N) is 1. The Labute approximate surface area is 114 Å². The molecule has 5 heteroatoms. The summed E-state index contributed by atoms with van der Waals surface area (Å²) in [5.41, 5.74) is 6.10. The van der Waals surface area contributed by atoms with Crippen LogP contribution in [0.15, 0.2) is 23.1 Å². The predicted octanol–water partition coefficient (Wildman–Crippen LogP) is 3.52. The average Bonchev–Trinajstić information content (AvgIpc) is 2.19. The van der Waals surface area contributed by atoms with Crippen LogP contribution in [-0.4, -0.2) is 14.2 Å². The highest BCUT2D eigenvalue weighted by Crippen LogP contribution is 2.25. The molecule has 0 spiro atoms. The zero-order valence-corrected chi connectivity index (χ0v) is 12.6. The highest BCUT2D eigenvalue weighted by molar-refractivity contribution is 7.91. The molecule has 0 aromatic heterocycles. The number of anilines is 1. The van der Waals surface area contributed by atoms with Gasteiger partial charge in [0, 0.05) is 0 Å². The summed E-state index contributed by atoms with van der Waals surface area (Å²) in [4.78, 5) is 0.246. The monoisotopic (exact) mass is 289 g/mol. The fourth-order valence-electron chi connectivity index (χ4n) is 1.61. The van der Waals surface area contributed by atoms with Crippen molar-refractivity contribution in [3.05, 3.63) is 23.2 Å². The molecule has 1 aromatic rings. The first-order chi connectivity index (χ1) is 8.12. The van der Waals surface area contributed by atoms with Crippen molar-refractivity contribution in [3.8, 4) is 0 Å². The van der Waals surface area contributed by atoms with E-state index in [0.29, 0.717) is 12.1 Å². The number of halogens is 1. The third-order valence-electron chi connectivity index (χ3n) is 2.67. The molecular weight excluding hydrogens is 270 g/mol. The van der Waals surface area contributed by atoms with Crippen LogP contribution in [0.5, 0.6) is 0 Å². The van der Waals surface area contributed by atoms with Crippen LogP contribution in [0.25, 0.3) is 0 Å². The molecule has 3 nitrogen and oxygen atoms in total. The van der Waals surface area contributed by atoms with Crippen molar-refractivity contribution in [1.29, 1.82) is 0 Å². The number of rotatable bonds is 4. The minimum Gasteiger partial charge on any atom is -0.398 e. The van der Waals surface area contributed by atoms with E-state index < -0.39 is 9.84 Å². The molecule has 0 saturated carbocycles. The summed E-state index contributed by atoms with van der Waals surface area (Å²) in [5.74, 6) is 0.143. The molecule has 0 atom stereocenters. The summed E-state index contributed by atoms with van der Waals surface area (Å²) >= 11 is 5.84. The fraction of sp³-hybridized carbons (Fsp3) is 0.538. The Balaban J connectivity index is 2.77. The van der Waals surface area contributed by atoms with Gasteiger partial charge in [-0.05, 0) is 36.5 Å². The van der Waals surface area contributed by atoms with Crippen LogP contribution in [0.2, 0.25) is 5.02 Å². The van der Waals surface area contributed by atoms with E-state index in [1.54, 1.807) is 0 Å². The molecule has 1 rings (SSSR count). The van der Waals surface area contributed by atoms with Crippen molar-refractivity contribution < 1.29 is 8.42 Å². The van der Waals surface area contributed by atoms with Crippen molar-refractivity contribution in [2.75, 3.05) is 11.5 Å². The number of sulfone groups is 1. The van der Waals surface area contributed by atoms with Gasteiger partial charge >= 0.3 is 0 Å². The Hall–Kier alpha value is -0.740. The molecule has 0 fully saturated rings. The minimum atomic E-state index is -3.26. The first-order valence-corrected chi connectivity index (χ1v) is 7.93. The quantitative estimate of drug-likeness (QED) is 0.863. The van der Waals surface area contributed by atoms with Crippen molar-refractivity contribution in [2.45, 2.75) is 38.5 Å². The van der Waals surface area contributed by atoms with Gasteiger partial charge in [-0.3, -0.25) is 0 Å². The van der Waals surface area contributed by atoms with E-state index in [1.807, 2.05) is 0 Å². The van der Waals surface area contributed by atoms with Gasteiger partial charge in [-0.2, -0.15) is 0 Å². The first-order valence-electron chi connectivity index (χ1n) is 5.90. The maximum Gasteiger partial charge on any atom is 0.178 e. The molecule has 0 bridgehead atoms. The van der Waals surface area contributed by atoms with Crippen LogP contribution in [0.1, 0.15) is 33.6 Å². The Morgan fingerprint density at radius 2 is 1.89 bits per heavy atom. The van der Waals surface area contributed by atoms with Crippen molar-refractivity contribution >= 4 is 27.1 Å². The van der Waals surface area contributed by atoms with E-state index in [1.165, 1.54) is 18.2 Å². The number of hydrogen-bond acceptors (Lipinski definition) is 3. The van der Waals surface area contributed by atoms with Gasteiger partial charge in [-0.1, -0.05) is 32.4 Å². The lowest BCUT2D eigenvalue weighted by Gasteiger charge is -2.17. The van der Waals surface area contributed by atoms with Gasteiger partial charge in [0.05, 0.1) is 21.4 Å². The van der Waals surface area contributed by atoms with E-state index in [0.717, 1.165) is 6.42 Å². The van der Waals surface area contributed by atoms with E-state index in [2.05, 4.69) is 20.8 Å². The minimum absolute atomic E-state index is 0.143. The molecule has 0 heterocycles. The van der Waals surface area contributed by atoms with Crippen molar-refractivity contribution in [1.82, 2.24) is 0 Å². The van der Waals surface area contributed by atoms with Crippen molar-refractivity contribution in [3.63, 3.8) is 0 Å². The largest absolute Gasteiger partial charge is 0.398 e. The molecule has 2 N–H and O–H groups in total. The van der Waals surface area contributed by atoms with Crippen LogP contribution in [-0.2, 0) is 9.84 Å². The third kappa shape index (κ3) is 4.50. The topological polar surface area (TPSA) is 60.2 Å². The van der Waals surface area contributed by atoms with Gasteiger partial charge in [-0.15, -0.1) is 0 Å². The van der Waals surface area contributed by atoms with Gasteiger partial charge in [0.2, 0.25) is 0 Å². The molecule has 0 radical (unpaired) electrons. The van der Waals surface area contributed by atoms with Gasteiger partial charge in [-0.25, -0.2) is 8.42 Å². The summed E-state index contributed by atoms with van der Waals surface area (Å²) in [7, 11) is -3.26. The smallest absolute Gasteiger partial charge is 0.178 e. The van der Waals surface area contributed by atoms with Gasteiger partial charge in [0.1, 0.15) is 0 Å². The highest BCUT2D eigenvalue weighted by Gasteiger charge is 2.17. The molecule has 0 aliphatic rings. The standard InChI is InChI=1S/C13H20ClNO2S/c1-13(2,3)7-4-8-18(16,17)10-5-6-12(15)11(14)9-10/h5-6,9H,4,7-8,15H2,1-3H3. The van der Waals surface area contributed by atoms with Crippen LogP contribution >= 0.6 is 11.6 Å². The van der Waals surface area contributed by atoms with Gasteiger partial charge < -0.3 is 5.73 Å². The Kier molecular flexibility index (Phi) is 4.67. The van der Waals surface area contributed by atoms with Crippen molar-refractivity contribution in [2.24, 2.45) is 5.41 Å². The van der Waals surface area contributed by atoms with Gasteiger partial charge in [0.25, 0.3) is 0 Å². The number of nitrogen functional groups attached to an aromatic ring is 1. The lowest BCUT2D eigenvalue weighted by Crippen LogP contribution is -2.11. The molecule has 102 valence electrons. The molecule has 0 aliphatic heterocycles. The SMILES string of the molecule is CC(C)(C)CCCS(=O)(=O)c1ccc(N)c(Cl)c1. The predicted molar refractivity (Wildman–Crippen MR) is 76.6 cm³/mol. The van der Waals surface area contributed by atoms with Gasteiger partial charge in [0.15, 0.2) is 9.84 Å². The molecule has 0 aliphatic carbocycles. The lowest BCUT2D eigenvalue weighted by molar-refractivity contribution is 0.373. The second-order valence-corrected chi connectivity index (χ2v) is 8.18. The summed E-state index contributed by atoms with van der Waals surface area (Å²) in [5, 5.41) is 0.284. The second-order valence-electron chi connectivity index (χ2n) is 5.67. The highest BCUT2D eigenvalue weighted by atomic mass is 35.5. The molecular formula is C13H20ClNO2S. The normalized spacial score (nSPS) is 12.7. The molecule has 1 aromatic carbocycles. The fourth-order valence-corrected chi connectivity index (χ4v) is 3.19. The summed E-state index contributed by atoms with van der Waals surface area (Å²) < 4.78 is 24.2. The molecule has 0 saturated heterocycles. The zero-order valence-electron chi connectivity index (χ0n) is 11.0. The third-order valence-corrected chi connectivity index (χ3v) is 4.80. The Bertz CT molecular complexity index is 518. The maximum absolute atomic E-state index is 12.1. The van der Waals surface area contributed by atoms with Crippen LogP contribution in [0.4, 0.5) is 5.69 Å². The van der Waals surface area contributed by atoms with E-state index in [9.17, 15) is 8.42 Å². The second kappa shape index (κ2) is 5.49. The summed E-state index contributed by atoms with van der Waals surface area (Å²) in [6.45, 7) is 6.29. The average molecular weight is 290 g/mol. The van der Waals surface area contributed by atoms with E-state index in [-0.39, 0.29) is 21.1 Å². The van der Waals surface area contributed by atoms with Crippen LogP contribution in [0, 0.1) is 5.41 Å². The number of benzene rings is 1.